The number of carbonyl (C=O) groups excluding carboxylic acids is 1. The van der Waals surface area contributed by atoms with Crippen LogP contribution in [-0.4, -0.2) is 32.9 Å². The quantitative estimate of drug-likeness (QED) is 0.822. The van der Waals surface area contributed by atoms with Crippen LogP contribution in [0.25, 0.3) is 0 Å². The van der Waals surface area contributed by atoms with Crippen molar-refractivity contribution in [3.63, 3.8) is 0 Å². The molecule has 0 fully saturated rings. The predicted octanol–water partition coefficient (Wildman–Crippen LogP) is 3.81. The molecule has 0 spiro atoms. The van der Waals surface area contributed by atoms with Crippen LogP contribution in [-0.2, 0) is 11.3 Å². The number of nitrogens with zero attached hydrogens (tertiary/aromatic N) is 2. The van der Waals surface area contributed by atoms with Crippen LogP contribution in [0.15, 0.2) is 18.2 Å². The average molecular weight is 383 g/mol. The monoisotopic (exact) mass is 383 g/mol. The summed E-state index contributed by atoms with van der Waals surface area (Å²) in [5.74, 6) is -2.22. The zero-order valence-corrected chi connectivity index (χ0v) is 15.3. The summed E-state index contributed by atoms with van der Waals surface area (Å²) >= 11 is 0. The molecule has 1 unspecified atom stereocenters. The van der Waals surface area contributed by atoms with Crippen molar-refractivity contribution in [3.8, 4) is 0 Å². The van der Waals surface area contributed by atoms with Gasteiger partial charge in [-0.1, -0.05) is 0 Å². The molecule has 2 rings (SSSR count). The summed E-state index contributed by atoms with van der Waals surface area (Å²) in [5, 5.41) is 15.6. The number of benzene rings is 1. The van der Waals surface area contributed by atoms with Gasteiger partial charge in [-0.25, -0.2) is 4.79 Å². The lowest BCUT2D eigenvalue weighted by molar-refractivity contribution is -0.143. The first kappa shape index (κ1) is 20.5. The normalized spacial score (nSPS) is 12.7. The second-order valence-electron chi connectivity index (χ2n) is 6.40. The minimum atomic E-state index is -4.41. The lowest BCUT2D eigenvalue weighted by Gasteiger charge is -2.14. The maximum absolute atomic E-state index is 12.7. The molecule has 0 radical (unpaired) electrons. The number of alkyl halides is 3. The van der Waals surface area contributed by atoms with E-state index >= 15 is 0 Å². The largest absolute Gasteiger partial charge is 0.478 e. The van der Waals surface area contributed by atoms with Gasteiger partial charge in [0.1, 0.15) is 6.54 Å². The van der Waals surface area contributed by atoms with Gasteiger partial charge in [-0.2, -0.15) is 18.3 Å². The number of rotatable bonds is 5. The number of aromatic nitrogens is 2. The Hall–Kier alpha value is -2.84. The van der Waals surface area contributed by atoms with E-state index in [2.05, 4.69) is 10.4 Å². The van der Waals surface area contributed by atoms with Crippen LogP contribution in [0.4, 0.5) is 18.9 Å². The Kier molecular flexibility index (Phi) is 5.62. The lowest BCUT2D eigenvalue weighted by atomic mass is 9.98. The topological polar surface area (TPSA) is 84.2 Å². The standard InChI is InChI=1S/C18H20F3N3O3/c1-9-7-13(5-6-14(9)17(26)27)22-16(25)10(2)15-11(3)23-24(12(15)4)8-18(19,20)21/h5-7,10H,8H2,1-4H3,(H,22,25)(H,26,27). The second kappa shape index (κ2) is 7.42. The second-order valence-corrected chi connectivity index (χ2v) is 6.40. The van der Waals surface area contributed by atoms with E-state index in [-0.39, 0.29) is 11.3 Å². The fourth-order valence-electron chi connectivity index (χ4n) is 3.02. The van der Waals surface area contributed by atoms with Gasteiger partial charge in [-0.15, -0.1) is 0 Å². The molecule has 1 amide bonds. The third-order valence-electron chi connectivity index (χ3n) is 4.32. The summed E-state index contributed by atoms with van der Waals surface area (Å²) in [7, 11) is 0. The highest BCUT2D eigenvalue weighted by Gasteiger charge is 2.31. The van der Waals surface area contributed by atoms with Gasteiger partial charge >= 0.3 is 12.1 Å². The van der Waals surface area contributed by atoms with Crippen LogP contribution in [0.2, 0.25) is 0 Å². The Morgan fingerprint density at radius 1 is 1.26 bits per heavy atom. The van der Waals surface area contributed by atoms with Crippen molar-refractivity contribution in [2.24, 2.45) is 0 Å². The highest BCUT2D eigenvalue weighted by Crippen LogP contribution is 2.27. The number of aryl methyl sites for hydroxylation is 2. The molecule has 0 saturated heterocycles. The van der Waals surface area contributed by atoms with Crippen molar-refractivity contribution in [2.45, 2.75) is 46.3 Å². The van der Waals surface area contributed by atoms with E-state index in [1.807, 2.05) is 0 Å². The van der Waals surface area contributed by atoms with Crippen LogP contribution >= 0.6 is 0 Å². The molecule has 146 valence electrons. The van der Waals surface area contributed by atoms with E-state index < -0.39 is 30.5 Å². The fourth-order valence-corrected chi connectivity index (χ4v) is 3.02. The summed E-state index contributed by atoms with van der Waals surface area (Å²) in [6.07, 6.45) is -4.41. The Bertz CT molecular complexity index is 888. The molecule has 0 saturated carbocycles. The van der Waals surface area contributed by atoms with Gasteiger partial charge in [0.2, 0.25) is 5.91 Å². The third kappa shape index (κ3) is 4.66. The first-order valence-electron chi connectivity index (χ1n) is 8.16. The number of hydrogen-bond donors (Lipinski definition) is 2. The third-order valence-corrected chi connectivity index (χ3v) is 4.32. The predicted molar refractivity (Wildman–Crippen MR) is 92.9 cm³/mol. The lowest BCUT2D eigenvalue weighted by Crippen LogP contribution is -2.21. The SMILES string of the molecule is Cc1cc(NC(=O)C(C)c2c(C)nn(CC(F)(F)F)c2C)ccc1C(=O)O. The van der Waals surface area contributed by atoms with Gasteiger partial charge in [-0.05, 0) is 51.5 Å². The Morgan fingerprint density at radius 2 is 1.89 bits per heavy atom. The zero-order valence-electron chi connectivity index (χ0n) is 15.3. The number of amides is 1. The number of nitrogens with one attached hydrogen (secondary N) is 1. The van der Waals surface area contributed by atoms with Crippen molar-refractivity contribution in [1.29, 1.82) is 0 Å². The minimum Gasteiger partial charge on any atom is -0.478 e. The number of carboxylic acid groups (broad SMARTS) is 1. The van der Waals surface area contributed by atoms with Crippen molar-refractivity contribution in [2.75, 3.05) is 5.32 Å². The first-order chi connectivity index (χ1) is 12.4. The van der Waals surface area contributed by atoms with Crippen molar-refractivity contribution in [3.05, 3.63) is 46.3 Å². The molecule has 1 aromatic carbocycles. The minimum absolute atomic E-state index is 0.126. The van der Waals surface area contributed by atoms with Gasteiger partial charge < -0.3 is 10.4 Å². The van der Waals surface area contributed by atoms with Crippen LogP contribution in [0, 0.1) is 20.8 Å². The van der Waals surface area contributed by atoms with Gasteiger partial charge in [-0.3, -0.25) is 9.48 Å². The van der Waals surface area contributed by atoms with Crippen LogP contribution in [0.1, 0.15) is 45.7 Å². The van der Waals surface area contributed by atoms with E-state index in [1.165, 1.54) is 25.1 Å². The molecule has 2 aromatic rings. The fraction of sp³-hybridized carbons (Fsp3) is 0.389. The molecular formula is C18H20F3N3O3. The maximum atomic E-state index is 12.7. The van der Waals surface area contributed by atoms with Crippen LogP contribution in [0.3, 0.4) is 0 Å². The van der Waals surface area contributed by atoms with E-state index in [9.17, 15) is 22.8 Å². The Balaban J connectivity index is 2.23. The number of carboxylic acids is 1. The molecule has 1 heterocycles. The molecule has 1 aromatic heterocycles. The first-order valence-corrected chi connectivity index (χ1v) is 8.16. The highest BCUT2D eigenvalue weighted by molar-refractivity contribution is 5.97. The number of aromatic carboxylic acids is 1. The van der Waals surface area contributed by atoms with E-state index in [0.717, 1.165) is 4.68 Å². The summed E-state index contributed by atoms with van der Waals surface area (Å²) in [6, 6.07) is 4.38. The van der Waals surface area contributed by atoms with Crippen molar-refractivity contribution < 1.29 is 27.9 Å². The summed E-state index contributed by atoms with van der Waals surface area (Å²) < 4.78 is 38.8. The van der Waals surface area contributed by atoms with Gasteiger partial charge in [0, 0.05) is 16.9 Å². The number of anilines is 1. The van der Waals surface area contributed by atoms with E-state index in [0.29, 0.717) is 22.5 Å². The maximum Gasteiger partial charge on any atom is 0.408 e. The van der Waals surface area contributed by atoms with Gasteiger partial charge in [0.15, 0.2) is 0 Å². The summed E-state index contributed by atoms with van der Waals surface area (Å²) in [6.45, 7) is 5.03. The molecule has 0 aliphatic heterocycles. The van der Waals surface area contributed by atoms with Crippen molar-refractivity contribution >= 4 is 17.6 Å². The van der Waals surface area contributed by atoms with Crippen LogP contribution < -0.4 is 5.32 Å². The van der Waals surface area contributed by atoms with E-state index in [1.54, 1.807) is 20.8 Å². The average Bonchev–Trinajstić information content (AvgIpc) is 2.78. The molecule has 0 aliphatic carbocycles. The summed E-state index contributed by atoms with van der Waals surface area (Å²) in [4.78, 5) is 23.6. The number of hydrogen-bond acceptors (Lipinski definition) is 3. The smallest absolute Gasteiger partial charge is 0.408 e. The van der Waals surface area contributed by atoms with E-state index in [4.69, 9.17) is 5.11 Å². The molecular weight excluding hydrogens is 363 g/mol. The van der Waals surface area contributed by atoms with Gasteiger partial charge in [0.05, 0.1) is 17.2 Å². The molecule has 1 atom stereocenters. The highest BCUT2D eigenvalue weighted by atomic mass is 19.4. The molecule has 0 bridgehead atoms. The number of halogens is 3. The summed E-state index contributed by atoms with van der Waals surface area (Å²) in [5.41, 5.74) is 2.10. The van der Waals surface area contributed by atoms with Crippen LogP contribution in [0.5, 0.6) is 0 Å². The zero-order chi connectivity index (χ0) is 20.5. The molecule has 6 nitrogen and oxygen atoms in total. The van der Waals surface area contributed by atoms with Crippen molar-refractivity contribution in [1.82, 2.24) is 9.78 Å². The number of carbonyl (C=O) groups is 2. The molecule has 27 heavy (non-hydrogen) atoms. The molecule has 0 aliphatic rings. The Labute approximate surface area is 154 Å². The molecule has 9 heteroatoms. The van der Waals surface area contributed by atoms with Gasteiger partial charge in [0.25, 0.3) is 0 Å². The Morgan fingerprint density at radius 3 is 2.41 bits per heavy atom. The molecule has 2 N–H and O–H groups in total.